The van der Waals surface area contributed by atoms with E-state index in [1.165, 1.54) is 12.8 Å². The minimum Gasteiger partial charge on any atom is -0.313 e. The van der Waals surface area contributed by atoms with Crippen molar-refractivity contribution >= 4 is 0 Å². The van der Waals surface area contributed by atoms with Crippen molar-refractivity contribution in [1.29, 1.82) is 0 Å². The lowest BCUT2D eigenvalue weighted by Gasteiger charge is -2.26. The van der Waals surface area contributed by atoms with Crippen molar-refractivity contribution in [3.63, 3.8) is 0 Å². The second-order valence-corrected chi connectivity index (χ2v) is 5.56. The van der Waals surface area contributed by atoms with Crippen LogP contribution in [0, 0.1) is 0 Å². The first kappa shape index (κ1) is 15.8. The Kier molecular flexibility index (Phi) is 5.92. The van der Waals surface area contributed by atoms with Gasteiger partial charge in [-0.2, -0.15) is 13.2 Å². The second-order valence-electron chi connectivity index (χ2n) is 5.56. The van der Waals surface area contributed by atoms with Crippen molar-refractivity contribution in [3.05, 3.63) is 0 Å². The molecule has 0 saturated heterocycles. The second kappa shape index (κ2) is 6.75. The van der Waals surface area contributed by atoms with E-state index >= 15 is 0 Å². The molecule has 108 valence electrons. The van der Waals surface area contributed by atoms with Gasteiger partial charge in [-0.15, -0.1) is 0 Å². The number of hydrogen-bond donors (Lipinski definition) is 1. The number of rotatable bonds is 8. The lowest BCUT2D eigenvalue weighted by atomic mass is 10.1. The zero-order valence-electron chi connectivity index (χ0n) is 11.6. The number of likely N-dealkylation sites (N-methyl/N-ethyl adjacent to an activating group) is 1. The number of nitrogens with one attached hydrogen (secondary N) is 1. The topological polar surface area (TPSA) is 15.3 Å². The average Bonchev–Trinajstić information content (AvgIpc) is 3.06. The van der Waals surface area contributed by atoms with Crippen LogP contribution >= 0.6 is 0 Å². The summed E-state index contributed by atoms with van der Waals surface area (Å²) in [5.74, 6) is 0. The summed E-state index contributed by atoms with van der Waals surface area (Å²) in [6.45, 7) is 4.97. The van der Waals surface area contributed by atoms with Crippen LogP contribution in [0.25, 0.3) is 0 Å². The molecule has 0 aromatic heterocycles. The van der Waals surface area contributed by atoms with Crippen molar-refractivity contribution < 1.29 is 13.2 Å². The highest BCUT2D eigenvalue weighted by Crippen LogP contribution is 2.26. The van der Waals surface area contributed by atoms with Gasteiger partial charge in [0.2, 0.25) is 0 Å². The lowest BCUT2D eigenvalue weighted by Crippen LogP contribution is -2.41. The maximum atomic E-state index is 12.0. The zero-order valence-corrected chi connectivity index (χ0v) is 11.6. The van der Waals surface area contributed by atoms with Crippen LogP contribution in [0.3, 0.4) is 0 Å². The molecule has 1 aliphatic rings. The van der Waals surface area contributed by atoms with Crippen LogP contribution in [-0.4, -0.2) is 42.8 Å². The standard InChI is InChI=1S/C13H25F3N2/c1-10(5-4-8-13(14,15)16)17-9-11(2)18(3)12-6-7-12/h10-12,17H,4-9H2,1-3H3. The SMILES string of the molecule is CC(CCCC(F)(F)F)NCC(C)N(C)C1CC1. The quantitative estimate of drug-likeness (QED) is 0.726. The smallest absolute Gasteiger partial charge is 0.313 e. The highest BCUT2D eigenvalue weighted by Gasteiger charge is 2.29. The normalized spacial score (nSPS) is 20.2. The Labute approximate surface area is 108 Å². The van der Waals surface area contributed by atoms with Gasteiger partial charge in [0.25, 0.3) is 0 Å². The van der Waals surface area contributed by atoms with Gasteiger partial charge in [-0.05, 0) is 46.6 Å². The fourth-order valence-electron chi connectivity index (χ4n) is 2.07. The number of alkyl halides is 3. The average molecular weight is 266 g/mol. The highest BCUT2D eigenvalue weighted by atomic mass is 19.4. The fraction of sp³-hybridized carbons (Fsp3) is 1.00. The van der Waals surface area contributed by atoms with Crippen LogP contribution < -0.4 is 5.32 Å². The molecule has 2 nitrogen and oxygen atoms in total. The first-order valence-electron chi connectivity index (χ1n) is 6.81. The Bertz CT molecular complexity index is 239. The zero-order chi connectivity index (χ0) is 13.8. The summed E-state index contributed by atoms with van der Waals surface area (Å²) in [7, 11) is 2.12. The van der Waals surface area contributed by atoms with Crippen molar-refractivity contribution in [1.82, 2.24) is 10.2 Å². The van der Waals surface area contributed by atoms with Gasteiger partial charge < -0.3 is 5.32 Å². The number of halogens is 3. The monoisotopic (exact) mass is 266 g/mol. The van der Waals surface area contributed by atoms with Crippen LogP contribution in [0.4, 0.5) is 13.2 Å². The predicted octanol–water partition coefficient (Wildman–Crippen LogP) is 3.18. The molecule has 0 radical (unpaired) electrons. The van der Waals surface area contributed by atoms with Crippen LogP contribution in [0.5, 0.6) is 0 Å². The maximum Gasteiger partial charge on any atom is 0.389 e. The van der Waals surface area contributed by atoms with Crippen molar-refractivity contribution in [2.45, 2.75) is 70.3 Å². The van der Waals surface area contributed by atoms with Crippen molar-refractivity contribution in [2.75, 3.05) is 13.6 Å². The van der Waals surface area contributed by atoms with Crippen LogP contribution in [-0.2, 0) is 0 Å². The van der Waals surface area contributed by atoms with Crippen LogP contribution in [0.15, 0.2) is 0 Å². The molecule has 0 spiro atoms. The van der Waals surface area contributed by atoms with Gasteiger partial charge >= 0.3 is 6.18 Å². The van der Waals surface area contributed by atoms with Gasteiger partial charge in [-0.3, -0.25) is 4.90 Å². The lowest BCUT2D eigenvalue weighted by molar-refractivity contribution is -0.135. The third-order valence-electron chi connectivity index (χ3n) is 3.68. The molecule has 0 aromatic carbocycles. The summed E-state index contributed by atoms with van der Waals surface area (Å²) in [5, 5.41) is 3.32. The summed E-state index contributed by atoms with van der Waals surface area (Å²) in [4.78, 5) is 2.36. The molecule has 1 N–H and O–H groups in total. The summed E-state index contributed by atoms with van der Waals surface area (Å²) in [5.41, 5.74) is 0. The molecule has 1 saturated carbocycles. The van der Waals surface area contributed by atoms with Crippen LogP contribution in [0.1, 0.15) is 46.0 Å². The highest BCUT2D eigenvalue weighted by molar-refractivity contribution is 4.86. The summed E-state index contributed by atoms with van der Waals surface area (Å²) < 4.78 is 36.0. The molecule has 1 rings (SSSR count). The van der Waals surface area contributed by atoms with Gasteiger partial charge in [-0.25, -0.2) is 0 Å². The third kappa shape index (κ3) is 6.59. The minimum atomic E-state index is -4.01. The Morgan fingerprint density at radius 1 is 1.28 bits per heavy atom. The largest absolute Gasteiger partial charge is 0.389 e. The first-order valence-corrected chi connectivity index (χ1v) is 6.81. The number of hydrogen-bond acceptors (Lipinski definition) is 2. The fourth-order valence-corrected chi connectivity index (χ4v) is 2.07. The molecule has 2 unspecified atom stereocenters. The molecular formula is C13H25F3N2. The van der Waals surface area contributed by atoms with E-state index < -0.39 is 12.6 Å². The molecular weight excluding hydrogens is 241 g/mol. The molecule has 0 aliphatic heterocycles. The molecule has 0 heterocycles. The predicted molar refractivity (Wildman–Crippen MR) is 67.6 cm³/mol. The van der Waals surface area contributed by atoms with E-state index in [1.807, 2.05) is 6.92 Å². The summed E-state index contributed by atoms with van der Waals surface area (Å²) in [6, 6.07) is 1.33. The number of nitrogens with zero attached hydrogens (tertiary/aromatic N) is 1. The summed E-state index contributed by atoms with van der Waals surface area (Å²) in [6.07, 6.45) is -1.33. The Morgan fingerprint density at radius 3 is 2.39 bits per heavy atom. The molecule has 5 heteroatoms. The van der Waals surface area contributed by atoms with Crippen molar-refractivity contribution in [3.8, 4) is 0 Å². The molecule has 18 heavy (non-hydrogen) atoms. The molecule has 0 bridgehead atoms. The van der Waals surface area contributed by atoms with Gasteiger partial charge in [0.05, 0.1) is 0 Å². The molecule has 1 fully saturated rings. The maximum absolute atomic E-state index is 12.0. The van der Waals surface area contributed by atoms with Gasteiger partial charge in [0, 0.05) is 31.1 Å². The van der Waals surface area contributed by atoms with Gasteiger partial charge in [-0.1, -0.05) is 0 Å². The van der Waals surface area contributed by atoms with E-state index in [4.69, 9.17) is 0 Å². The third-order valence-corrected chi connectivity index (χ3v) is 3.68. The molecule has 0 amide bonds. The van der Waals surface area contributed by atoms with E-state index in [9.17, 15) is 13.2 Å². The van der Waals surface area contributed by atoms with Crippen molar-refractivity contribution in [2.24, 2.45) is 0 Å². The summed E-state index contributed by atoms with van der Waals surface area (Å²) >= 11 is 0. The van der Waals surface area contributed by atoms with E-state index in [2.05, 4.69) is 24.2 Å². The Hall–Kier alpha value is -0.290. The molecule has 0 aromatic rings. The van der Waals surface area contributed by atoms with E-state index in [-0.39, 0.29) is 12.5 Å². The minimum absolute atomic E-state index is 0.155. The van der Waals surface area contributed by atoms with Gasteiger partial charge in [0.1, 0.15) is 0 Å². The van der Waals surface area contributed by atoms with Gasteiger partial charge in [0.15, 0.2) is 0 Å². The molecule has 1 aliphatic carbocycles. The Balaban J connectivity index is 2.06. The van der Waals surface area contributed by atoms with E-state index in [0.29, 0.717) is 12.5 Å². The van der Waals surface area contributed by atoms with E-state index in [1.54, 1.807) is 0 Å². The Morgan fingerprint density at radius 2 is 1.89 bits per heavy atom. The first-order chi connectivity index (χ1) is 8.29. The van der Waals surface area contributed by atoms with Crippen LogP contribution in [0.2, 0.25) is 0 Å². The molecule has 2 atom stereocenters. The van der Waals surface area contributed by atoms with E-state index in [0.717, 1.165) is 12.6 Å².